The number of hydrogen-bond donors (Lipinski definition) is 0. The van der Waals surface area contributed by atoms with Crippen molar-refractivity contribution >= 4 is 28.4 Å². The molecule has 0 amide bonds. The van der Waals surface area contributed by atoms with Crippen LogP contribution in [0, 0.1) is 15.2 Å². The highest BCUT2D eigenvalue weighted by atomic mass is 127. The smallest absolute Gasteiger partial charge is 0.190 e. The predicted molar refractivity (Wildman–Crippen MR) is 65.6 cm³/mol. The zero-order valence-electron chi connectivity index (χ0n) is 8.53. The van der Waals surface area contributed by atoms with Crippen LogP contribution >= 0.6 is 22.6 Å². The van der Waals surface area contributed by atoms with Gasteiger partial charge in [0.1, 0.15) is 18.2 Å². The summed E-state index contributed by atoms with van der Waals surface area (Å²) in [6, 6.07) is 3.34. The third-order valence-corrected chi connectivity index (χ3v) is 2.71. The molecule has 0 spiro atoms. The molecule has 17 heavy (non-hydrogen) atoms. The van der Waals surface area contributed by atoms with Crippen molar-refractivity contribution in [1.29, 1.82) is 0 Å². The molecule has 6 heteroatoms. The van der Waals surface area contributed by atoms with Gasteiger partial charge >= 0.3 is 0 Å². The molecule has 2 aromatic rings. The number of carbonyl (C=O) groups excluding carboxylic acids is 1. The lowest BCUT2D eigenvalue weighted by Gasteiger charge is -2.04. The molecule has 0 unspecified atom stereocenters. The second kappa shape index (κ2) is 4.91. The number of ketones is 1. The highest BCUT2D eigenvalue weighted by Crippen LogP contribution is 2.13. The third kappa shape index (κ3) is 2.68. The third-order valence-electron chi connectivity index (χ3n) is 2.15. The highest BCUT2D eigenvalue weighted by molar-refractivity contribution is 14.1. The Morgan fingerprint density at radius 2 is 2.00 bits per heavy atom. The molecule has 0 atom stereocenters. The molecule has 0 fully saturated rings. The molecular formula is C11H7F2IN2O. The van der Waals surface area contributed by atoms with Crippen LogP contribution in [0.15, 0.2) is 30.6 Å². The van der Waals surface area contributed by atoms with Gasteiger partial charge in [-0.2, -0.15) is 5.10 Å². The van der Waals surface area contributed by atoms with Gasteiger partial charge in [0.2, 0.25) is 0 Å². The Morgan fingerprint density at radius 1 is 1.35 bits per heavy atom. The van der Waals surface area contributed by atoms with Crippen molar-refractivity contribution in [2.24, 2.45) is 0 Å². The summed E-state index contributed by atoms with van der Waals surface area (Å²) in [5.74, 6) is -2.34. The van der Waals surface area contributed by atoms with E-state index in [2.05, 4.69) is 5.10 Å². The lowest BCUT2D eigenvalue weighted by molar-refractivity contribution is 0.0959. The SMILES string of the molecule is O=C(Cn1cc(I)cn1)c1c(F)cccc1F. The minimum Gasteiger partial charge on any atom is -0.292 e. The van der Waals surface area contributed by atoms with E-state index in [1.54, 1.807) is 12.4 Å². The predicted octanol–water partition coefficient (Wildman–Crippen LogP) is 2.65. The summed E-state index contributed by atoms with van der Waals surface area (Å²) in [6.07, 6.45) is 3.18. The van der Waals surface area contributed by atoms with Gasteiger partial charge in [0, 0.05) is 6.20 Å². The molecule has 1 aromatic carbocycles. The van der Waals surface area contributed by atoms with Crippen molar-refractivity contribution in [3.05, 3.63) is 51.4 Å². The molecule has 1 aromatic heterocycles. The first-order valence-electron chi connectivity index (χ1n) is 4.73. The van der Waals surface area contributed by atoms with E-state index in [0.29, 0.717) is 0 Å². The van der Waals surface area contributed by atoms with E-state index in [1.807, 2.05) is 22.6 Å². The topological polar surface area (TPSA) is 34.9 Å². The van der Waals surface area contributed by atoms with Gasteiger partial charge in [-0.1, -0.05) is 6.07 Å². The Kier molecular flexibility index (Phi) is 3.51. The summed E-state index contributed by atoms with van der Waals surface area (Å²) < 4.78 is 28.8. The maximum atomic E-state index is 13.3. The molecule has 0 aliphatic carbocycles. The van der Waals surface area contributed by atoms with Crippen molar-refractivity contribution in [3.8, 4) is 0 Å². The summed E-state index contributed by atoms with van der Waals surface area (Å²) in [7, 11) is 0. The maximum absolute atomic E-state index is 13.3. The molecule has 0 N–H and O–H groups in total. The Bertz CT molecular complexity index is 548. The number of Topliss-reactive ketones (excluding diaryl/α,β-unsaturated/α-hetero) is 1. The lowest BCUT2D eigenvalue weighted by Crippen LogP contribution is -2.14. The average molecular weight is 348 g/mol. The Labute approximate surface area is 110 Å². The van der Waals surface area contributed by atoms with E-state index >= 15 is 0 Å². The molecule has 0 saturated carbocycles. The Hall–Kier alpha value is -1.31. The Morgan fingerprint density at radius 3 is 2.53 bits per heavy atom. The molecule has 0 aliphatic rings. The van der Waals surface area contributed by atoms with Crippen molar-refractivity contribution < 1.29 is 13.6 Å². The van der Waals surface area contributed by atoms with Crippen LogP contribution in [0.3, 0.4) is 0 Å². The first-order valence-corrected chi connectivity index (χ1v) is 5.81. The van der Waals surface area contributed by atoms with E-state index in [-0.39, 0.29) is 6.54 Å². The molecular weight excluding hydrogens is 341 g/mol. The van der Waals surface area contributed by atoms with Crippen LogP contribution in [-0.2, 0) is 6.54 Å². The number of nitrogens with zero attached hydrogens (tertiary/aromatic N) is 2. The van der Waals surface area contributed by atoms with E-state index < -0.39 is 23.0 Å². The van der Waals surface area contributed by atoms with Gasteiger partial charge < -0.3 is 0 Å². The standard InChI is InChI=1S/C11H7F2IN2O/c12-8-2-1-3-9(13)11(8)10(17)6-16-5-7(14)4-15-16/h1-5H,6H2. The van der Waals surface area contributed by atoms with Gasteiger partial charge in [0.25, 0.3) is 0 Å². The van der Waals surface area contributed by atoms with Crippen molar-refractivity contribution in [2.45, 2.75) is 6.54 Å². The van der Waals surface area contributed by atoms with Gasteiger partial charge in [0.15, 0.2) is 5.78 Å². The van der Waals surface area contributed by atoms with Gasteiger partial charge in [-0.05, 0) is 34.7 Å². The van der Waals surface area contributed by atoms with E-state index in [4.69, 9.17) is 0 Å². The second-order valence-electron chi connectivity index (χ2n) is 3.38. The number of rotatable bonds is 3. The molecule has 0 saturated heterocycles. The fourth-order valence-electron chi connectivity index (χ4n) is 1.42. The zero-order chi connectivity index (χ0) is 12.4. The van der Waals surface area contributed by atoms with E-state index in [0.717, 1.165) is 15.7 Å². The summed E-state index contributed by atoms with van der Waals surface area (Å²) in [5, 5.41) is 3.88. The van der Waals surface area contributed by atoms with Crippen molar-refractivity contribution in [2.75, 3.05) is 0 Å². The highest BCUT2D eigenvalue weighted by Gasteiger charge is 2.17. The fraction of sp³-hybridized carbons (Fsp3) is 0.0909. The summed E-state index contributed by atoms with van der Waals surface area (Å²) in [6.45, 7) is -0.180. The van der Waals surface area contributed by atoms with E-state index in [9.17, 15) is 13.6 Å². The van der Waals surface area contributed by atoms with Crippen LogP contribution in [0.2, 0.25) is 0 Å². The quantitative estimate of drug-likeness (QED) is 0.632. The summed E-state index contributed by atoms with van der Waals surface area (Å²) in [4.78, 5) is 11.7. The van der Waals surface area contributed by atoms with Crippen LogP contribution in [0.4, 0.5) is 8.78 Å². The first-order chi connectivity index (χ1) is 8.08. The van der Waals surface area contributed by atoms with Gasteiger partial charge in [-0.3, -0.25) is 9.48 Å². The second-order valence-corrected chi connectivity index (χ2v) is 4.62. The molecule has 2 rings (SSSR count). The number of benzene rings is 1. The molecule has 0 bridgehead atoms. The van der Waals surface area contributed by atoms with Crippen LogP contribution in [0.5, 0.6) is 0 Å². The van der Waals surface area contributed by atoms with Gasteiger partial charge in [0.05, 0.1) is 15.3 Å². The van der Waals surface area contributed by atoms with Gasteiger partial charge in [-0.15, -0.1) is 0 Å². The summed E-state index contributed by atoms with van der Waals surface area (Å²) >= 11 is 2.03. The summed E-state index contributed by atoms with van der Waals surface area (Å²) in [5.41, 5.74) is -0.516. The number of aromatic nitrogens is 2. The van der Waals surface area contributed by atoms with Crippen LogP contribution in [0.1, 0.15) is 10.4 Å². The largest absolute Gasteiger partial charge is 0.292 e. The molecule has 0 aliphatic heterocycles. The maximum Gasteiger partial charge on any atom is 0.190 e. The lowest BCUT2D eigenvalue weighted by atomic mass is 10.1. The Balaban J connectivity index is 2.26. The van der Waals surface area contributed by atoms with Gasteiger partial charge in [-0.25, -0.2) is 8.78 Å². The minimum absolute atomic E-state index is 0.180. The number of halogens is 3. The van der Waals surface area contributed by atoms with Crippen LogP contribution < -0.4 is 0 Å². The normalized spacial score (nSPS) is 10.5. The molecule has 3 nitrogen and oxygen atoms in total. The molecule has 1 heterocycles. The number of hydrogen-bond acceptors (Lipinski definition) is 2. The van der Waals surface area contributed by atoms with Crippen molar-refractivity contribution in [1.82, 2.24) is 9.78 Å². The van der Waals surface area contributed by atoms with Crippen LogP contribution in [-0.4, -0.2) is 15.6 Å². The molecule has 0 radical (unpaired) electrons. The average Bonchev–Trinajstić information content (AvgIpc) is 2.63. The minimum atomic E-state index is -0.850. The monoisotopic (exact) mass is 348 g/mol. The van der Waals surface area contributed by atoms with E-state index in [1.165, 1.54) is 10.7 Å². The molecule has 88 valence electrons. The van der Waals surface area contributed by atoms with Crippen LogP contribution in [0.25, 0.3) is 0 Å². The zero-order valence-corrected chi connectivity index (χ0v) is 10.7. The fourth-order valence-corrected chi connectivity index (χ4v) is 1.86. The first kappa shape index (κ1) is 12.2. The number of carbonyl (C=O) groups is 1. The van der Waals surface area contributed by atoms with Crippen molar-refractivity contribution in [3.63, 3.8) is 0 Å².